The van der Waals surface area contributed by atoms with Crippen molar-refractivity contribution in [3.63, 3.8) is 0 Å². The van der Waals surface area contributed by atoms with Crippen molar-refractivity contribution in [3.8, 4) is 0 Å². The summed E-state index contributed by atoms with van der Waals surface area (Å²) in [6.45, 7) is 26.1. The van der Waals surface area contributed by atoms with Crippen LogP contribution < -0.4 is 10.5 Å². The summed E-state index contributed by atoms with van der Waals surface area (Å²) in [7, 11) is 0.233. The third kappa shape index (κ3) is 8.35. The van der Waals surface area contributed by atoms with Crippen LogP contribution in [0.25, 0.3) is 10.8 Å². The molecule has 1 aromatic carbocycles. The average Bonchev–Trinajstić information content (AvgIpc) is 3.22. The van der Waals surface area contributed by atoms with Gasteiger partial charge in [0.15, 0.2) is 11.6 Å². The molecule has 0 unspecified atom stereocenters. The normalized spacial score (nSPS) is 13.0. The number of nitrogens with zero attached hydrogens (tertiary/aromatic N) is 5. The van der Waals surface area contributed by atoms with Gasteiger partial charge in [0.25, 0.3) is 5.56 Å². The number of carbonyl (C=O) groups is 2. The van der Waals surface area contributed by atoms with Crippen LogP contribution in [0.15, 0.2) is 29.1 Å². The van der Waals surface area contributed by atoms with E-state index in [2.05, 4.69) is 31.0 Å². The van der Waals surface area contributed by atoms with E-state index >= 15 is 0 Å². The molecule has 0 saturated carbocycles. The number of carbonyl (C=O) groups excluding carboxylic acids is 2. The molecule has 240 valence electrons. The van der Waals surface area contributed by atoms with Gasteiger partial charge in [-0.1, -0.05) is 26.8 Å². The van der Waals surface area contributed by atoms with Crippen molar-refractivity contribution in [2.75, 3.05) is 4.90 Å². The van der Waals surface area contributed by atoms with Gasteiger partial charge in [0.2, 0.25) is 9.76 Å². The van der Waals surface area contributed by atoms with Crippen molar-refractivity contribution in [1.82, 2.24) is 19.6 Å². The van der Waals surface area contributed by atoms with Crippen molar-refractivity contribution in [2.45, 2.75) is 125 Å². The first-order valence-corrected chi connectivity index (χ1v) is 15.7. The van der Waals surface area contributed by atoms with Crippen LogP contribution in [0.4, 0.5) is 21.2 Å². The molecule has 11 nitrogen and oxygen atoms in total. The second-order valence-corrected chi connectivity index (χ2v) is 16.7. The van der Waals surface area contributed by atoms with Gasteiger partial charge in [-0.25, -0.2) is 19.2 Å². The van der Waals surface area contributed by atoms with E-state index in [9.17, 15) is 14.4 Å². The highest BCUT2D eigenvalue weighted by Gasteiger charge is 2.33. The molecule has 0 aliphatic carbocycles. The Balaban J connectivity index is 2.32. The Hall–Kier alpha value is -3.51. The fourth-order valence-electron chi connectivity index (χ4n) is 4.12. The minimum atomic E-state index is -0.858. The summed E-state index contributed by atoms with van der Waals surface area (Å²) in [5.74, 6) is 0.225. The summed E-state index contributed by atoms with van der Waals surface area (Å²) in [6, 6.07) is 6.68. The van der Waals surface area contributed by atoms with Crippen molar-refractivity contribution >= 4 is 44.4 Å². The highest BCUT2D eigenvalue weighted by molar-refractivity contribution is 6.31. The average molecular weight is 626 g/mol. The first-order chi connectivity index (χ1) is 19.9. The lowest BCUT2D eigenvalue weighted by Gasteiger charge is -2.30. The fourth-order valence-corrected chi connectivity index (χ4v) is 4.80. The largest absolute Gasteiger partial charge is 0.443 e. The zero-order chi connectivity index (χ0) is 33.6. The SMILES string of the molecule is Cc1cc(N(C(=O)OC(C)(C)C)c2nn(C(C)C)c(=O)c3cc(C(C)(C)O[Si]C(C)(C)C)ccc23)nn1C(=O)OC(C)(C)C. The molecule has 12 heteroatoms. The summed E-state index contributed by atoms with van der Waals surface area (Å²) in [5.41, 5.74) is -1.37. The van der Waals surface area contributed by atoms with Crippen LogP contribution in [0.2, 0.25) is 5.04 Å². The second-order valence-electron chi connectivity index (χ2n) is 14.7. The number of anilines is 2. The first-order valence-electron chi connectivity index (χ1n) is 14.8. The Morgan fingerprint density at radius 3 is 1.98 bits per heavy atom. The zero-order valence-corrected chi connectivity index (χ0v) is 29.6. The Labute approximate surface area is 262 Å². The summed E-state index contributed by atoms with van der Waals surface area (Å²) in [6.07, 6.45) is -1.47. The number of hydrogen-bond donors (Lipinski definition) is 0. The van der Waals surface area contributed by atoms with Gasteiger partial charge in [0, 0.05) is 11.5 Å². The van der Waals surface area contributed by atoms with Gasteiger partial charge >= 0.3 is 12.2 Å². The molecule has 0 N–H and O–H groups in total. The molecule has 2 radical (unpaired) electrons. The summed E-state index contributed by atoms with van der Waals surface area (Å²) in [5, 5.41) is 9.86. The minimum Gasteiger partial charge on any atom is -0.443 e. The van der Waals surface area contributed by atoms with Crippen LogP contribution in [-0.2, 0) is 19.5 Å². The van der Waals surface area contributed by atoms with Gasteiger partial charge in [-0.2, -0.15) is 9.78 Å². The molecular formula is C32H47N5O6Si. The molecule has 3 aromatic rings. The maximum atomic E-state index is 13.9. The smallest absolute Gasteiger partial charge is 0.435 e. The molecule has 3 rings (SSSR count). The summed E-state index contributed by atoms with van der Waals surface area (Å²) < 4.78 is 20.1. The van der Waals surface area contributed by atoms with Crippen LogP contribution in [0, 0.1) is 6.92 Å². The van der Waals surface area contributed by atoms with Crippen molar-refractivity contribution in [3.05, 3.63) is 45.9 Å². The van der Waals surface area contributed by atoms with Gasteiger partial charge in [-0.3, -0.25) is 4.79 Å². The lowest BCUT2D eigenvalue weighted by atomic mass is 9.96. The number of fused-ring (bicyclic) bond motifs is 1. The highest BCUT2D eigenvalue weighted by Crippen LogP contribution is 2.35. The monoisotopic (exact) mass is 625 g/mol. The molecule has 2 heterocycles. The van der Waals surface area contributed by atoms with Crippen LogP contribution in [0.3, 0.4) is 0 Å². The number of aryl methyl sites for hydroxylation is 1. The molecule has 2 aromatic heterocycles. The highest BCUT2D eigenvalue weighted by atomic mass is 28.2. The molecule has 0 atom stereocenters. The quantitative estimate of drug-likeness (QED) is 0.260. The number of benzene rings is 1. The molecule has 0 bridgehead atoms. The molecule has 44 heavy (non-hydrogen) atoms. The van der Waals surface area contributed by atoms with E-state index in [0.29, 0.717) is 16.5 Å². The molecule has 0 aliphatic rings. The standard InChI is InChI=1S/C32H47N5O6Si/c1-19(2)36-26(38)23-18-21(32(13,14)43-44-31(10,11)12)15-16-22(23)25(34-36)35(27(39)41-29(4,5)6)24-17-20(3)37(33-24)28(40)42-30(7,8)9/h15-19H,1-14H3. The lowest BCUT2D eigenvalue weighted by molar-refractivity contribution is 0.0506. The minimum absolute atomic E-state index is 0.0235. The Bertz CT molecular complexity index is 1600. The van der Waals surface area contributed by atoms with Crippen LogP contribution in [0.5, 0.6) is 0 Å². The van der Waals surface area contributed by atoms with Crippen molar-refractivity contribution < 1.29 is 23.5 Å². The lowest BCUT2D eigenvalue weighted by Crippen LogP contribution is -2.37. The number of ether oxygens (including phenoxy) is 2. The fraction of sp³-hybridized carbons (Fsp3) is 0.594. The molecule has 0 saturated heterocycles. The number of hydrogen-bond acceptors (Lipinski definition) is 8. The van der Waals surface area contributed by atoms with Gasteiger partial charge in [0.1, 0.15) is 11.2 Å². The predicted octanol–water partition coefficient (Wildman–Crippen LogP) is 7.43. The van der Waals surface area contributed by atoms with Gasteiger partial charge in [0.05, 0.1) is 22.7 Å². The van der Waals surface area contributed by atoms with Crippen LogP contribution >= 0.6 is 0 Å². The third-order valence-corrected chi connectivity index (χ3v) is 7.38. The van der Waals surface area contributed by atoms with E-state index in [4.69, 9.17) is 13.9 Å². The van der Waals surface area contributed by atoms with E-state index in [0.717, 1.165) is 10.2 Å². The third-order valence-electron chi connectivity index (χ3n) is 6.16. The van der Waals surface area contributed by atoms with Crippen LogP contribution in [0.1, 0.15) is 107 Å². The number of amides is 1. The molecule has 1 amide bonds. The van der Waals surface area contributed by atoms with Crippen molar-refractivity contribution in [1.29, 1.82) is 0 Å². The van der Waals surface area contributed by atoms with Gasteiger partial charge in [-0.05, 0) is 98.9 Å². The number of aromatic nitrogens is 4. The van der Waals surface area contributed by atoms with E-state index in [1.165, 1.54) is 9.58 Å². The van der Waals surface area contributed by atoms with Crippen LogP contribution in [-0.4, -0.2) is 52.7 Å². The van der Waals surface area contributed by atoms with E-state index in [1.807, 2.05) is 33.8 Å². The van der Waals surface area contributed by atoms with E-state index in [-0.39, 0.29) is 38.0 Å². The molecular weight excluding hydrogens is 578 g/mol. The zero-order valence-electron chi connectivity index (χ0n) is 28.6. The summed E-state index contributed by atoms with van der Waals surface area (Å²) in [4.78, 5) is 41.9. The predicted molar refractivity (Wildman–Crippen MR) is 173 cm³/mol. The Morgan fingerprint density at radius 1 is 0.864 bits per heavy atom. The molecule has 0 aliphatic heterocycles. The second kappa shape index (κ2) is 12.1. The molecule has 0 fully saturated rings. The molecule has 0 spiro atoms. The maximum Gasteiger partial charge on any atom is 0.435 e. The van der Waals surface area contributed by atoms with Crippen molar-refractivity contribution in [2.24, 2.45) is 0 Å². The van der Waals surface area contributed by atoms with Gasteiger partial charge in [-0.15, -0.1) is 5.10 Å². The van der Waals surface area contributed by atoms with Gasteiger partial charge < -0.3 is 13.9 Å². The first kappa shape index (κ1) is 35.0. The maximum absolute atomic E-state index is 13.9. The van der Waals surface area contributed by atoms with E-state index in [1.54, 1.807) is 66.7 Å². The Morgan fingerprint density at radius 2 is 1.45 bits per heavy atom. The Kier molecular flexibility index (Phi) is 9.63. The number of rotatable bonds is 6. The summed E-state index contributed by atoms with van der Waals surface area (Å²) >= 11 is 0. The van der Waals surface area contributed by atoms with E-state index < -0.39 is 29.0 Å². The topological polar surface area (TPSA) is 118 Å².